The number of carbonyl (C=O) groups is 6. The number of benzene rings is 4. The molecule has 9 heteroatoms. The molecule has 0 saturated carbocycles. The molecule has 0 unspecified atom stereocenters. The number of ether oxygens (including phenoxy) is 2. The SMILES string of the molecule is Cc1ccc(C(=O)COC(=O)c2ccc3c(c2)C(=O)N(c2ccccc2C(=O)OCC(=O)c2ccc(C)cc2)C3=O)cc1. The number of hydrogen-bond donors (Lipinski definition) is 0. The summed E-state index contributed by atoms with van der Waals surface area (Å²) in [6, 6.07) is 23.3. The van der Waals surface area contributed by atoms with E-state index in [1.54, 1.807) is 54.6 Å². The lowest BCUT2D eigenvalue weighted by molar-refractivity contribution is 0.0472. The normalized spacial score (nSPS) is 12.1. The van der Waals surface area contributed by atoms with E-state index in [2.05, 4.69) is 0 Å². The van der Waals surface area contributed by atoms with Gasteiger partial charge in [0.1, 0.15) is 0 Å². The summed E-state index contributed by atoms with van der Waals surface area (Å²) in [5, 5.41) is 0. The molecule has 1 heterocycles. The first-order valence-electron chi connectivity index (χ1n) is 13.3. The quantitative estimate of drug-likeness (QED) is 0.152. The molecule has 214 valence electrons. The topological polar surface area (TPSA) is 124 Å². The Morgan fingerprint density at radius 3 is 1.65 bits per heavy atom. The Balaban J connectivity index is 1.30. The predicted molar refractivity (Wildman–Crippen MR) is 156 cm³/mol. The maximum absolute atomic E-state index is 13.4. The molecule has 0 bridgehead atoms. The fourth-order valence-electron chi connectivity index (χ4n) is 4.50. The number of hydrogen-bond acceptors (Lipinski definition) is 8. The standard InChI is InChI=1S/C34H25NO8/c1-20-7-11-22(12-8-20)29(36)18-42-33(40)24-15-16-25-27(17-24)32(39)35(31(25)38)28-6-4-3-5-26(28)34(41)43-19-30(37)23-13-9-21(2)10-14-23/h3-17H,18-19H2,1-2H3. The second-order valence-corrected chi connectivity index (χ2v) is 9.95. The molecule has 9 nitrogen and oxygen atoms in total. The molecule has 0 atom stereocenters. The van der Waals surface area contributed by atoms with E-state index in [1.165, 1.54) is 36.4 Å². The minimum absolute atomic E-state index is 0.0231. The van der Waals surface area contributed by atoms with E-state index in [9.17, 15) is 28.8 Å². The molecular weight excluding hydrogens is 550 g/mol. The number of nitrogens with zero attached hydrogens (tertiary/aromatic N) is 1. The number of ketones is 2. The number of anilines is 1. The van der Waals surface area contributed by atoms with Gasteiger partial charge in [-0.15, -0.1) is 0 Å². The van der Waals surface area contributed by atoms with Gasteiger partial charge >= 0.3 is 11.9 Å². The van der Waals surface area contributed by atoms with Crippen LogP contribution in [-0.4, -0.2) is 48.5 Å². The Kier molecular flexibility index (Phi) is 8.07. The van der Waals surface area contributed by atoms with Crippen molar-refractivity contribution in [3.05, 3.63) is 136 Å². The van der Waals surface area contributed by atoms with Gasteiger partial charge in [-0.25, -0.2) is 14.5 Å². The lowest BCUT2D eigenvalue weighted by Gasteiger charge is -2.17. The fourth-order valence-corrected chi connectivity index (χ4v) is 4.50. The molecule has 0 saturated heterocycles. The van der Waals surface area contributed by atoms with Gasteiger partial charge in [0, 0.05) is 11.1 Å². The monoisotopic (exact) mass is 575 g/mol. The first-order valence-corrected chi connectivity index (χ1v) is 13.3. The Hall–Kier alpha value is -5.70. The molecule has 1 aliphatic heterocycles. The van der Waals surface area contributed by atoms with Crippen molar-refractivity contribution in [2.45, 2.75) is 13.8 Å². The van der Waals surface area contributed by atoms with Gasteiger partial charge in [0.25, 0.3) is 11.8 Å². The maximum atomic E-state index is 13.4. The average Bonchev–Trinajstić information content (AvgIpc) is 3.27. The van der Waals surface area contributed by atoms with Gasteiger partial charge in [0.05, 0.1) is 27.9 Å². The molecule has 1 aliphatic rings. The van der Waals surface area contributed by atoms with Gasteiger partial charge in [-0.2, -0.15) is 0 Å². The van der Waals surface area contributed by atoms with Gasteiger partial charge < -0.3 is 9.47 Å². The zero-order valence-corrected chi connectivity index (χ0v) is 23.3. The third kappa shape index (κ3) is 6.01. The number of para-hydroxylation sites is 1. The smallest absolute Gasteiger partial charge is 0.340 e. The summed E-state index contributed by atoms with van der Waals surface area (Å²) in [7, 11) is 0. The number of Topliss-reactive ketones (excluding diaryl/α,β-unsaturated/α-hetero) is 2. The molecule has 0 aliphatic carbocycles. The van der Waals surface area contributed by atoms with E-state index in [0.717, 1.165) is 16.0 Å². The van der Waals surface area contributed by atoms with Gasteiger partial charge in [-0.1, -0.05) is 71.8 Å². The summed E-state index contributed by atoms with van der Waals surface area (Å²) in [6.07, 6.45) is 0. The van der Waals surface area contributed by atoms with Crippen LogP contribution in [0.25, 0.3) is 0 Å². The van der Waals surface area contributed by atoms with E-state index in [4.69, 9.17) is 9.47 Å². The number of carbonyl (C=O) groups excluding carboxylic acids is 6. The van der Waals surface area contributed by atoms with Crippen molar-refractivity contribution in [3.63, 3.8) is 0 Å². The van der Waals surface area contributed by atoms with Crippen LogP contribution in [0.2, 0.25) is 0 Å². The molecule has 5 rings (SSSR count). The number of aryl methyl sites for hydroxylation is 2. The minimum Gasteiger partial charge on any atom is -0.454 e. The van der Waals surface area contributed by atoms with E-state index < -0.39 is 48.5 Å². The summed E-state index contributed by atoms with van der Waals surface area (Å²) >= 11 is 0. The van der Waals surface area contributed by atoms with Crippen LogP contribution in [0, 0.1) is 13.8 Å². The van der Waals surface area contributed by atoms with Crippen LogP contribution < -0.4 is 4.90 Å². The lowest BCUT2D eigenvalue weighted by atomic mass is 10.1. The summed E-state index contributed by atoms with van der Waals surface area (Å²) in [5.41, 5.74) is 2.52. The lowest BCUT2D eigenvalue weighted by Crippen LogP contribution is -2.31. The van der Waals surface area contributed by atoms with Crippen molar-refractivity contribution < 1.29 is 38.2 Å². The number of rotatable bonds is 9. The van der Waals surface area contributed by atoms with E-state index in [-0.39, 0.29) is 27.9 Å². The molecule has 4 aromatic carbocycles. The van der Waals surface area contributed by atoms with Crippen LogP contribution in [0.4, 0.5) is 5.69 Å². The fraction of sp³-hybridized carbons (Fsp3) is 0.118. The Morgan fingerprint density at radius 1 is 0.581 bits per heavy atom. The van der Waals surface area contributed by atoms with Crippen LogP contribution in [-0.2, 0) is 9.47 Å². The first-order chi connectivity index (χ1) is 20.6. The van der Waals surface area contributed by atoms with Crippen molar-refractivity contribution in [1.82, 2.24) is 0 Å². The molecule has 0 fully saturated rings. The summed E-state index contributed by atoms with van der Waals surface area (Å²) in [5.74, 6) is -4.01. The van der Waals surface area contributed by atoms with Crippen molar-refractivity contribution in [3.8, 4) is 0 Å². The zero-order chi connectivity index (χ0) is 30.7. The minimum atomic E-state index is -0.893. The molecule has 0 spiro atoms. The van der Waals surface area contributed by atoms with Gasteiger partial charge in [0.15, 0.2) is 24.8 Å². The number of esters is 2. The zero-order valence-electron chi connectivity index (χ0n) is 23.3. The molecule has 0 N–H and O–H groups in total. The summed E-state index contributed by atoms with van der Waals surface area (Å²) in [4.78, 5) is 78.0. The second kappa shape index (κ2) is 12.0. The first kappa shape index (κ1) is 28.8. The van der Waals surface area contributed by atoms with Crippen LogP contribution in [0.1, 0.15) is 73.3 Å². The number of amides is 2. The van der Waals surface area contributed by atoms with Crippen molar-refractivity contribution in [1.29, 1.82) is 0 Å². The van der Waals surface area contributed by atoms with Crippen molar-refractivity contribution in [2.24, 2.45) is 0 Å². The molecule has 0 aromatic heterocycles. The van der Waals surface area contributed by atoms with Crippen molar-refractivity contribution in [2.75, 3.05) is 18.1 Å². The van der Waals surface area contributed by atoms with Crippen LogP contribution in [0.5, 0.6) is 0 Å². The van der Waals surface area contributed by atoms with Crippen molar-refractivity contribution >= 4 is 41.0 Å². The molecule has 43 heavy (non-hydrogen) atoms. The highest BCUT2D eigenvalue weighted by atomic mass is 16.5. The van der Waals surface area contributed by atoms with Gasteiger partial charge in [-0.05, 0) is 44.2 Å². The predicted octanol–water partition coefficient (Wildman–Crippen LogP) is 5.18. The van der Waals surface area contributed by atoms with Gasteiger partial charge in [-0.3, -0.25) is 19.2 Å². The molecule has 0 radical (unpaired) electrons. The van der Waals surface area contributed by atoms with E-state index in [0.29, 0.717) is 11.1 Å². The Labute approximate surface area is 246 Å². The van der Waals surface area contributed by atoms with Crippen LogP contribution in [0.15, 0.2) is 91.0 Å². The van der Waals surface area contributed by atoms with Crippen LogP contribution >= 0.6 is 0 Å². The van der Waals surface area contributed by atoms with Gasteiger partial charge in [0.2, 0.25) is 0 Å². The third-order valence-electron chi connectivity index (χ3n) is 6.90. The summed E-state index contributed by atoms with van der Waals surface area (Å²) in [6.45, 7) is 2.73. The molecular formula is C34H25NO8. The molecule has 2 amide bonds. The second-order valence-electron chi connectivity index (χ2n) is 9.95. The maximum Gasteiger partial charge on any atom is 0.340 e. The Bertz CT molecular complexity index is 1790. The van der Waals surface area contributed by atoms with E-state index in [1.807, 2.05) is 13.8 Å². The highest BCUT2D eigenvalue weighted by Crippen LogP contribution is 2.32. The molecule has 4 aromatic rings. The average molecular weight is 576 g/mol. The number of imide groups is 1. The third-order valence-corrected chi connectivity index (χ3v) is 6.90. The summed E-state index contributed by atoms with van der Waals surface area (Å²) < 4.78 is 10.4. The number of fused-ring (bicyclic) bond motifs is 1. The van der Waals surface area contributed by atoms with Crippen LogP contribution in [0.3, 0.4) is 0 Å². The highest BCUT2D eigenvalue weighted by molar-refractivity contribution is 6.35. The highest BCUT2D eigenvalue weighted by Gasteiger charge is 2.39. The van der Waals surface area contributed by atoms with E-state index >= 15 is 0 Å². The Morgan fingerprint density at radius 2 is 1.07 bits per heavy atom. The largest absolute Gasteiger partial charge is 0.454 e.